The standard InChI is InChI=1S/C21H19F2N5O/c22-17-4-3-16(12-18(17)23)25-21(29)14-7-10-28(11-8-14)20-6-5-19(26-27-20)15-2-1-9-24-13-15/h1-6,9,12-14H,7-8,10-11H2,(H,25,29). The number of carbonyl (C=O) groups excluding carboxylic acids is 1. The number of amides is 1. The van der Waals surface area contributed by atoms with Crippen molar-refractivity contribution in [2.24, 2.45) is 5.92 Å². The minimum absolute atomic E-state index is 0.186. The molecule has 0 unspecified atom stereocenters. The smallest absolute Gasteiger partial charge is 0.227 e. The molecule has 0 atom stereocenters. The molecule has 3 heterocycles. The van der Waals surface area contributed by atoms with Crippen LogP contribution >= 0.6 is 0 Å². The van der Waals surface area contributed by atoms with Crippen molar-refractivity contribution in [3.05, 3.63) is 66.5 Å². The van der Waals surface area contributed by atoms with Gasteiger partial charge in [0, 0.05) is 48.7 Å². The SMILES string of the molecule is O=C(Nc1ccc(F)c(F)c1)C1CCN(c2ccc(-c3cccnc3)nn2)CC1. The van der Waals surface area contributed by atoms with Gasteiger partial charge in [-0.25, -0.2) is 8.78 Å². The van der Waals surface area contributed by atoms with Crippen LogP contribution in [0.2, 0.25) is 0 Å². The number of halogens is 2. The number of pyridine rings is 1. The lowest BCUT2D eigenvalue weighted by Crippen LogP contribution is -2.38. The van der Waals surface area contributed by atoms with Crippen LogP contribution in [0, 0.1) is 17.6 Å². The summed E-state index contributed by atoms with van der Waals surface area (Å²) < 4.78 is 26.3. The number of benzene rings is 1. The fourth-order valence-electron chi connectivity index (χ4n) is 3.35. The Morgan fingerprint density at radius 1 is 1.03 bits per heavy atom. The highest BCUT2D eigenvalue weighted by Crippen LogP contribution is 2.24. The van der Waals surface area contributed by atoms with Gasteiger partial charge in [0.1, 0.15) is 0 Å². The van der Waals surface area contributed by atoms with Gasteiger partial charge in [-0.2, -0.15) is 0 Å². The predicted octanol–water partition coefficient (Wildman–Crippen LogP) is 3.67. The van der Waals surface area contributed by atoms with Crippen molar-refractivity contribution < 1.29 is 13.6 Å². The zero-order chi connectivity index (χ0) is 20.2. The minimum atomic E-state index is -0.981. The van der Waals surface area contributed by atoms with Crippen LogP contribution in [0.25, 0.3) is 11.3 Å². The average Bonchev–Trinajstić information content (AvgIpc) is 2.77. The van der Waals surface area contributed by atoms with E-state index in [0.29, 0.717) is 25.9 Å². The third-order valence-electron chi connectivity index (χ3n) is 4.98. The molecule has 1 saturated heterocycles. The van der Waals surface area contributed by atoms with Crippen molar-refractivity contribution in [2.45, 2.75) is 12.8 Å². The molecule has 1 aliphatic rings. The molecule has 1 aromatic carbocycles. The van der Waals surface area contributed by atoms with Gasteiger partial charge in [0.25, 0.3) is 0 Å². The Balaban J connectivity index is 1.34. The molecule has 0 radical (unpaired) electrons. The van der Waals surface area contributed by atoms with Crippen LogP contribution in [0.3, 0.4) is 0 Å². The van der Waals surface area contributed by atoms with E-state index in [1.165, 1.54) is 6.07 Å². The molecule has 2 aromatic heterocycles. The molecule has 0 spiro atoms. The lowest BCUT2D eigenvalue weighted by molar-refractivity contribution is -0.120. The van der Waals surface area contributed by atoms with Crippen LogP contribution in [-0.4, -0.2) is 34.2 Å². The van der Waals surface area contributed by atoms with E-state index in [1.807, 2.05) is 24.3 Å². The molecule has 6 nitrogen and oxygen atoms in total. The summed E-state index contributed by atoms with van der Waals surface area (Å²) in [5.74, 6) is -1.54. The van der Waals surface area contributed by atoms with E-state index in [4.69, 9.17) is 0 Å². The quantitative estimate of drug-likeness (QED) is 0.730. The first-order valence-corrected chi connectivity index (χ1v) is 9.35. The van der Waals surface area contributed by atoms with Gasteiger partial charge in [-0.15, -0.1) is 10.2 Å². The average molecular weight is 395 g/mol. The molecular weight excluding hydrogens is 376 g/mol. The Bertz CT molecular complexity index is 990. The number of nitrogens with one attached hydrogen (secondary N) is 1. The molecule has 1 amide bonds. The fourth-order valence-corrected chi connectivity index (χ4v) is 3.35. The van der Waals surface area contributed by atoms with Crippen LogP contribution in [0.4, 0.5) is 20.3 Å². The fraction of sp³-hybridized carbons (Fsp3) is 0.238. The number of aromatic nitrogens is 3. The Hall–Kier alpha value is -3.42. The van der Waals surface area contributed by atoms with Gasteiger partial charge in [0.05, 0.1) is 5.69 Å². The number of hydrogen-bond donors (Lipinski definition) is 1. The zero-order valence-electron chi connectivity index (χ0n) is 15.6. The number of hydrogen-bond acceptors (Lipinski definition) is 5. The maximum Gasteiger partial charge on any atom is 0.227 e. The van der Waals surface area contributed by atoms with Crippen molar-refractivity contribution >= 4 is 17.4 Å². The lowest BCUT2D eigenvalue weighted by atomic mass is 9.95. The molecule has 8 heteroatoms. The first-order valence-electron chi connectivity index (χ1n) is 9.35. The van der Waals surface area contributed by atoms with Crippen LogP contribution in [-0.2, 0) is 4.79 Å². The molecule has 4 rings (SSSR count). The van der Waals surface area contributed by atoms with Crippen LogP contribution in [0.15, 0.2) is 54.9 Å². The summed E-state index contributed by atoms with van der Waals surface area (Å²) in [6.45, 7) is 1.33. The molecule has 0 saturated carbocycles. The van der Waals surface area contributed by atoms with Crippen LogP contribution in [0.1, 0.15) is 12.8 Å². The number of piperidine rings is 1. The highest BCUT2D eigenvalue weighted by atomic mass is 19.2. The Labute approximate surface area is 166 Å². The van der Waals surface area contributed by atoms with Crippen LogP contribution < -0.4 is 10.2 Å². The maximum atomic E-state index is 13.3. The first-order chi connectivity index (χ1) is 14.1. The van der Waals surface area contributed by atoms with E-state index < -0.39 is 11.6 Å². The maximum absolute atomic E-state index is 13.3. The second-order valence-corrected chi connectivity index (χ2v) is 6.90. The number of anilines is 2. The highest BCUT2D eigenvalue weighted by Gasteiger charge is 2.26. The topological polar surface area (TPSA) is 71.0 Å². The second kappa shape index (κ2) is 8.30. The largest absolute Gasteiger partial charge is 0.355 e. The third kappa shape index (κ3) is 4.37. The van der Waals surface area contributed by atoms with Crippen molar-refractivity contribution in [2.75, 3.05) is 23.3 Å². The molecule has 148 valence electrons. The van der Waals surface area contributed by atoms with Crippen molar-refractivity contribution in [3.63, 3.8) is 0 Å². The molecule has 0 bridgehead atoms. The Morgan fingerprint density at radius 3 is 2.52 bits per heavy atom. The summed E-state index contributed by atoms with van der Waals surface area (Å²) in [4.78, 5) is 18.6. The van der Waals surface area contributed by atoms with Gasteiger partial charge >= 0.3 is 0 Å². The van der Waals surface area contributed by atoms with E-state index in [-0.39, 0.29) is 17.5 Å². The third-order valence-corrected chi connectivity index (χ3v) is 4.98. The van der Waals surface area contributed by atoms with E-state index in [1.54, 1.807) is 12.4 Å². The highest BCUT2D eigenvalue weighted by molar-refractivity contribution is 5.92. The van der Waals surface area contributed by atoms with Gasteiger partial charge in [-0.3, -0.25) is 9.78 Å². The first kappa shape index (κ1) is 18.9. The summed E-state index contributed by atoms with van der Waals surface area (Å²) in [6.07, 6.45) is 4.72. The number of carbonyl (C=O) groups is 1. The molecule has 0 aliphatic carbocycles. The van der Waals surface area contributed by atoms with Gasteiger partial charge in [0.15, 0.2) is 17.5 Å². The van der Waals surface area contributed by atoms with Gasteiger partial charge in [-0.05, 0) is 49.2 Å². The number of rotatable bonds is 4. The molecule has 1 N–H and O–H groups in total. The summed E-state index contributed by atoms with van der Waals surface area (Å²) in [5.41, 5.74) is 1.91. The van der Waals surface area contributed by atoms with E-state index in [2.05, 4.69) is 25.4 Å². The minimum Gasteiger partial charge on any atom is -0.355 e. The van der Waals surface area contributed by atoms with Crippen molar-refractivity contribution in [1.82, 2.24) is 15.2 Å². The van der Waals surface area contributed by atoms with E-state index in [0.717, 1.165) is 29.2 Å². The normalized spacial score (nSPS) is 14.6. The predicted molar refractivity (Wildman–Crippen MR) is 105 cm³/mol. The Morgan fingerprint density at radius 2 is 1.86 bits per heavy atom. The van der Waals surface area contributed by atoms with E-state index in [9.17, 15) is 13.6 Å². The lowest BCUT2D eigenvalue weighted by Gasteiger charge is -2.31. The zero-order valence-corrected chi connectivity index (χ0v) is 15.6. The monoisotopic (exact) mass is 395 g/mol. The number of nitrogens with zero attached hydrogens (tertiary/aromatic N) is 4. The van der Waals surface area contributed by atoms with Gasteiger partial charge < -0.3 is 10.2 Å². The molecule has 1 fully saturated rings. The van der Waals surface area contributed by atoms with Crippen molar-refractivity contribution in [3.8, 4) is 11.3 Å². The Kier molecular flexibility index (Phi) is 5.41. The van der Waals surface area contributed by atoms with Crippen molar-refractivity contribution in [1.29, 1.82) is 0 Å². The van der Waals surface area contributed by atoms with Crippen LogP contribution in [0.5, 0.6) is 0 Å². The summed E-state index contributed by atoms with van der Waals surface area (Å²) in [6, 6.07) is 10.9. The van der Waals surface area contributed by atoms with E-state index >= 15 is 0 Å². The summed E-state index contributed by atoms with van der Waals surface area (Å²) >= 11 is 0. The second-order valence-electron chi connectivity index (χ2n) is 6.90. The molecule has 3 aromatic rings. The van der Waals surface area contributed by atoms with Gasteiger partial charge in [-0.1, -0.05) is 0 Å². The summed E-state index contributed by atoms with van der Waals surface area (Å²) in [5, 5.41) is 11.2. The molecule has 1 aliphatic heterocycles. The molecule has 29 heavy (non-hydrogen) atoms. The summed E-state index contributed by atoms with van der Waals surface area (Å²) in [7, 11) is 0. The van der Waals surface area contributed by atoms with Gasteiger partial charge in [0.2, 0.25) is 5.91 Å². The molecular formula is C21H19F2N5O.